The summed E-state index contributed by atoms with van der Waals surface area (Å²) in [5.41, 5.74) is 4.42. The fraction of sp³-hybridized carbons (Fsp3) is 0.250. The minimum Gasteiger partial charge on any atom is -0.372 e. The van der Waals surface area contributed by atoms with Gasteiger partial charge in [-0.1, -0.05) is 12.1 Å². The minimum absolute atomic E-state index is 0.298. The quantitative estimate of drug-likeness (QED) is 0.654. The van der Waals surface area contributed by atoms with Crippen LogP contribution in [0.4, 0.5) is 10.1 Å². The van der Waals surface area contributed by atoms with Crippen LogP contribution in [-0.2, 0) is 0 Å². The number of nitrogens with one attached hydrogen (secondary N) is 1. The van der Waals surface area contributed by atoms with Gasteiger partial charge in [-0.15, -0.1) is 11.3 Å². The molecule has 0 aliphatic rings. The number of carbonyl (C=O) groups is 1. The Hall–Kier alpha value is -2.21. The van der Waals surface area contributed by atoms with E-state index in [-0.39, 0.29) is 5.13 Å². The molecular formula is C16H18FN3OS. The van der Waals surface area contributed by atoms with Crippen molar-refractivity contribution in [2.75, 3.05) is 18.0 Å². The lowest BCUT2D eigenvalue weighted by Gasteiger charge is -2.20. The van der Waals surface area contributed by atoms with Crippen LogP contribution in [0, 0.1) is 5.13 Å². The fourth-order valence-corrected chi connectivity index (χ4v) is 2.64. The first-order valence-corrected chi connectivity index (χ1v) is 7.89. The van der Waals surface area contributed by atoms with Crippen molar-refractivity contribution in [3.05, 3.63) is 52.0 Å². The average Bonchev–Trinajstić information content (AvgIpc) is 2.96. The Morgan fingerprint density at radius 2 is 1.91 bits per heavy atom. The Labute approximate surface area is 133 Å². The highest BCUT2D eigenvalue weighted by Gasteiger charge is 2.07. The number of hydrogen-bond acceptors (Lipinski definition) is 4. The number of amides is 1. The fourth-order valence-electron chi connectivity index (χ4n) is 2.02. The van der Waals surface area contributed by atoms with E-state index in [9.17, 15) is 9.18 Å². The van der Waals surface area contributed by atoms with Gasteiger partial charge in [0.25, 0.3) is 5.91 Å². The lowest BCUT2D eigenvalue weighted by Crippen LogP contribution is -2.21. The number of nitrogens with zero attached hydrogens (tertiary/aromatic N) is 2. The highest BCUT2D eigenvalue weighted by atomic mass is 32.1. The molecule has 4 nitrogen and oxygen atoms in total. The van der Waals surface area contributed by atoms with Gasteiger partial charge in [-0.3, -0.25) is 4.79 Å². The van der Waals surface area contributed by atoms with E-state index in [1.807, 2.05) is 24.3 Å². The molecule has 0 atom stereocenters. The van der Waals surface area contributed by atoms with Gasteiger partial charge >= 0.3 is 0 Å². The molecule has 0 spiro atoms. The molecule has 0 aliphatic carbocycles. The van der Waals surface area contributed by atoms with E-state index in [2.05, 4.69) is 29.3 Å². The Morgan fingerprint density at radius 1 is 1.23 bits per heavy atom. The number of halogens is 1. The molecule has 0 fully saturated rings. The molecule has 116 valence electrons. The zero-order valence-electron chi connectivity index (χ0n) is 12.5. The number of benzene rings is 1. The average molecular weight is 319 g/mol. The highest BCUT2D eigenvalue weighted by molar-refractivity contribution is 7.12. The predicted molar refractivity (Wildman–Crippen MR) is 89.3 cm³/mol. The van der Waals surface area contributed by atoms with E-state index in [1.54, 1.807) is 6.21 Å². The molecular weight excluding hydrogens is 301 g/mol. The molecule has 0 bridgehead atoms. The molecule has 2 rings (SSSR count). The van der Waals surface area contributed by atoms with Crippen LogP contribution < -0.4 is 10.3 Å². The van der Waals surface area contributed by atoms with Gasteiger partial charge in [0.1, 0.15) is 0 Å². The molecule has 0 unspecified atom stereocenters. The summed E-state index contributed by atoms with van der Waals surface area (Å²) < 4.78 is 12.8. The van der Waals surface area contributed by atoms with Crippen molar-refractivity contribution in [1.29, 1.82) is 0 Å². The summed E-state index contributed by atoms with van der Waals surface area (Å²) in [5, 5.41) is 3.50. The van der Waals surface area contributed by atoms with Crippen molar-refractivity contribution in [2.45, 2.75) is 13.8 Å². The smallest absolute Gasteiger partial charge is 0.281 e. The van der Waals surface area contributed by atoms with Crippen LogP contribution in [0.1, 0.15) is 29.1 Å². The van der Waals surface area contributed by atoms with Gasteiger partial charge in [-0.2, -0.15) is 9.49 Å². The normalized spacial score (nSPS) is 10.9. The van der Waals surface area contributed by atoms with Crippen LogP contribution in [0.3, 0.4) is 0 Å². The van der Waals surface area contributed by atoms with E-state index in [1.165, 1.54) is 12.1 Å². The lowest BCUT2D eigenvalue weighted by molar-refractivity contribution is 0.0959. The van der Waals surface area contributed by atoms with E-state index in [0.29, 0.717) is 4.88 Å². The van der Waals surface area contributed by atoms with Crippen LogP contribution >= 0.6 is 11.3 Å². The summed E-state index contributed by atoms with van der Waals surface area (Å²) in [7, 11) is 0. The van der Waals surface area contributed by atoms with Crippen molar-refractivity contribution < 1.29 is 9.18 Å². The Bertz CT molecular complexity index is 648. The summed E-state index contributed by atoms with van der Waals surface area (Å²) in [6.07, 6.45) is 1.56. The van der Waals surface area contributed by atoms with Crippen molar-refractivity contribution >= 4 is 29.1 Å². The number of hydrogen-bond donors (Lipinski definition) is 1. The summed E-state index contributed by atoms with van der Waals surface area (Å²) in [5.74, 6) is -0.412. The second-order valence-corrected chi connectivity index (χ2v) is 5.60. The highest BCUT2D eigenvalue weighted by Crippen LogP contribution is 2.15. The van der Waals surface area contributed by atoms with Gasteiger partial charge in [-0.25, -0.2) is 5.43 Å². The standard InChI is InChI=1S/C16H18FN3OS/c1-3-20(4-2)13-7-5-12(6-8-13)11-18-19-16(21)14-9-10-15(17)22-14/h5-11H,3-4H2,1-2H3,(H,19,21)/b18-11+. The van der Waals surface area contributed by atoms with Crippen LogP contribution in [-0.4, -0.2) is 25.2 Å². The number of hydrazone groups is 1. The van der Waals surface area contributed by atoms with Gasteiger partial charge in [0.2, 0.25) is 0 Å². The Morgan fingerprint density at radius 3 is 2.45 bits per heavy atom. The van der Waals surface area contributed by atoms with E-state index in [4.69, 9.17) is 0 Å². The zero-order chi connectivity index (χ0) is 15.9. The van der Waals surface area contributed by atoms with E-state index < -0.39 is 5.91 Å². The first-order valence-electron chi connectivity index (χ1n) is 7.07. The van der Waals surface area contributed by atoms with Crippen LogP contribution in [0.15, 0.2) is 41.5 Å². The van der Waals surface area contributed by atoms with Crippen molar-refractivity contribution in [3.8, 4) is 0 Å². The van der Waals surface area contributed by atoms with Crippen LogP contribution in [0.25, 0.3) is 0 Å². The SMILES string of the molecule is CCN(CC)c1ccc(/C=N/NC(=O)c2ccc(F)s2)cc1. The Balaban J connectivity index is 1.94. The van der Waals surface area contributed by atoms with E-state index >= 15 is 0 Å². The van der Waals surface area contributed by atoms with Gasteiger partial charge in [-0.05, 0) is 43.7 Å². The minimum atomic E-state index is -0.412. The van der Waals surface area contributed by atoms with Gasteiger partial charge in [0.15, 0.2) is 5.13 Å². The summed E-state index contributed by atoms with van der Waals surface area (Å²) in [4.78, 5) is 14.2. The van der Waals surface area contributed by atoms with Gasteiger partial charge in [0, 0.05) is 18.8 Å². The molecule has 6 heteroatoms. The largest absolute Gasteiger partial charge is 0.372 e. The third-order valence-electron chi connectivity index (χ3n) is 3.20. The topological polar surface area (TPSA) is 44.7 Å². The molecule has 1 N–H and O–H groups in total. The maximum absolute atomic E-state index is 12.8. The van der Waals surface area contributed by atoms with Crippen LogP contribution in [0.5, 0.6) is 0 Å². The first-order chi connectivity index (χ1) is 10.6. The second kappa shape index (κ2) is 7.70. The molecule has 1 amide bonds. The van der Waals surface area contributed by atoms with Crippen molar-refractivity contribution in [1.82, 2.24) is 5.43 Å². The molecule has 1 heterocycles. The molecule has 0 aliphatic heterocycles. The maximum Gasteiger partial charge on any atom is 0.281 e. The number of anilines is 1. The van der Waals surface area contributed by atoms with Crippen LogP contribution in [0.2, 0.25) is 0 Å². The molecule has 0 saturated heterocycles. The molecule has 22 heavy (non-hydrogen) atoms. The first kappa shape index (κ1) is 16.2. The summed E-state index contributed by atoms with van der Waals surface area (Å²) in [6, 6.07) is 10.6. The van der Waals surface area contributed by atoms with Gasteiger partial charge < -0.3 is 4.90 Å². The van der Waals surface area contributed by atoms with Gasteiger partial charge in [0.05, 0.1) is 11.1 Å². The Kier molecular flexibility index (Phi) is 5.66. The number of thiophene rings is 1. The zero-order valence-corrected chi connectivity index (χ0v) is 13.4. The molecule has 1 aromatic carbocycles. The third-order valence-corrected chi connectivity index (χ3v) is 4.07. The molecule has 0 radical (unpaired) electrons. The monoisotopic (exact) mass is 319 g/mol. The number of rotatable bonds is 6. The number of carbonyl (C=O) groups excluding carboxylic acids is 1. The molecule has 1 aromatic heterocycles. The van der Waals surface area contributed by atoms with Crippen molar-refractivity contribution in [3.63, 3.8) is 0 Å². The predicted octanol–water partition coefficient (Wildman–Crippen LogP) is 3.50. The summed E-state index contributed by atoms with van der Waals surface area (Å²) in [6.45, 7) is 6.14. The third kappa shape index (κ3) is 4.14. The molecule has 0 saturated carbocycles. The lowest BCUT2D eigenvalue weighted by atomic mass is 10.2. The summed E-state index contributed by atoms with van der Waals surface area (Å²) >= 11 is 0.794. The van der Waals surface area contributed by atoms with E-state index in [0.717, 1.165) is 35.7 Å². The maximum atomic E-state index is 12.8. The van der Waals surface area contributed by atoms with Crippen molar-refractivity contribution in [2.24, 2.45) is 5.10 Å². The molecule has 2 aromatic rings. The second-order valence-electron chi connectivity index (χ2n) is 4.57.